The molecule has 1 aromatic rings. The maximum atomic E-state index is 12.0. The maximum Gasteiger partial charge on any atom is 0.310 e. The number of rotatable bonds is 3. The molecule has 2 aliphatic rings. The van der Waals surface area contributed by atoms with Crippen LogP contribution in [0.25, 0.3) is 0 Å². The van der Waals surface area contributed by atoms with Gasteiger partial charge in [0, 0.05) is 24.9 Å². The minimum Gasteiger partial charge on any atom is -0.508 e. The normalized spacial score (nSPS) is 34.6. The number of hydrogen-bond donors (Lipinski definition) is 3. The van der Waals surface area contributed by atoms with Gasteiger partial charge in [0.2, 0.25) is 0 Å². The Balaban J connectivity index is 1.59. The van der Waals surface area contributed by atoms with Gasteiger partial charge in [0.1, 0.15) is 11.9 Å². The minimum atomic E-state index is -0.787. The fourth-order valence-electron chi connectivity index (χ4n) is 3.59. The lowest BCUT2D eigenvalue weighted by Crippen LogP contribution is -2.46. The first kappa shape index (κ1) is 15.3. The molecule has 0 spiro atoms. The van der Waals surface area contributed by atoms with E-state index in [0.29, 0.717) is 18.4 Å². The van der Waals surface area contributed by atoms with Crippen molar-refractivity contribution in [3.8, 4) is 5.75 Å². The summed E-state index contributed by atoms with van der Waals surface area (Å²) in [6.45, 7) is 0. The second-order valence-corrected chi connectivity index (χ2v) is 6.21. The Morgan fingerprint density at radius 3 is 2.50 bits per heavy atom. The largest absolute Gasteiger partial charge is 0.508 e. The number of fused-ring (bicyclic) bond motifs is 2. The molecule has 2 bridgehead atoms. The van der Waals surface area contributed by atoms with Crippen LogP contribution in [-0.2, 0) is 16.0 Å². The molecular formula is C16H21NO5. The second kappa shape index (κ2) is 5.87. The predicted molar refractivity (Wildman–Crippen MR) is 78.3 cm³/mol. The van der Waals surface area contributed by atoms with Crippen LogP contribution in [-0.4, -0.2) is 63.6 Å². The summed E-state index contributed by atoms with van der Waals surface area (Å²) in [6, 6.07) is 6.17. The molecule has 2 saturated heterocycles. The van der Waals surface area contributed by atoms with Crippen molar-refractivity contribution in [1.82, 2.24) is 4.90 Å². The van der Waals surface area contributed by atoms with E-state index >= 15 is 0 Å². The summed E-state index contributed by atoms with van der Waals surface area (Å²) in [5.74, 6) is -0.239. The number of phenolic OH excluding ortho intramolecular Hbond substituents is 1. The molecule has 0 aromatic heterocycles. The zero-order valence-corrected chi connectivity index (χ0v) is 12.4. The van der Waals surface area contributed by atoms with Crippen molar-refractivity contribution in [3.63, 3.8) is 0 Å². The highest BCUT2D eigenvalue weighted by atomic mass is 16.5. The minimum absolute atomic E-state index is 0.0984. The van der Waals surface area contributed by atoms with Crippen LogP contribution in [0.2, 0.25) is 0 Å². The molecule has 6 heteroatoms. The predicted octanol–water partition coefficient (Wildman–Crippen LogP) is 0.0447. The fourth-order valence-corrected chi connectivity index (χ4v) is 3.59. The van der Waals surface area contributed by atoms with E-state index < -0.39 is 12.2 Å². The molecule has 2 heterocycles. The smallest absolute Gasteiger partial charge is 0.310 e. The standard InChI is InChI=1S/C16H21NO5/c1-17-12-7-11(8-13(17)16(21)15(12)20)22-14(19)6-9-3-2-4-10(18)5-9/h2-5,11-13,15-16,18,20-21H,6-8H2,1H3. The van der Waals surface area contributed by atoms with Gasteiger partial charge in [0.25, 0.3) is 0 Å². The van der Waals surface area contributed by atoms with Crippen LogP contribution >= 0.6 is 0 Å². The summed E-state index contributed by atoms with van der Waals surface area (Å²) < 4.78 is 5.49. The summed E-state index contributed by atoms with van der Waals surface area (Å²) in [4.78, 5) is 14.0. The molecule has 120 valence electrons. The second-order valence-electron chi connectivity index (χ2n) is 6.21. The molecule has 22 heavy (non-hydrogen) atoms. The average Bonchev–Trinajstić information content (AvgIpc) is 2.58. The SMILES string of the molecule is CN1C2CC(OC(=O)Cc3cccc(O)c3)CC1C(O)C2O. The fraction of sp³-hybridized carbons (Fsp3) is 0.562. The van der Waals surface area contributed by atoms with Crippen molar-refractivity contribution in [3.05, 3.63) is 29.8 Å². The van der Waals surface area contributed by atoms with Gasteiger partial charge in [-0.2, -0.15) is 0 Å². The van der Waals surface area contributed by atoms with Gasteiger partial charge in [-0.15, -0.1) is 0 Å². The van der Waals surface area contributed by atoms with Gasteiger partial charge in [-0.25, -0.2) is 0 Å². The molecule has 0 saturated carbocycles. The quantitative estimate of drug-likeness (QED) is 0.683. The molecule has 3 N–H and O–H groups in total. The molecule has 0 aliphatic carbocycles. The average molecular weight is 307 g/mol. The lowest BCUT2D eigenvalue weighted by atomic mass is 10.00. The molecule has 6 nitrogen and oxygen atoms in total. The summed E-state index contributed by atoms with van der Waals surface area (Å²) in [5.41, 5.74) is 0.695. The molecule has 2 fully saturated rings. The summed E-state index contributed by atoms with van der Waals surface area (Å²) in [6.07, 6.45) is -0.716. The van der Waals surface area contributed by atoms with Gasteiger partial charge in [-0.1, -0.05) is 12.1 Å². The molecule has 2 aliphatic heterocycles. The number of aliphatic hydroxyl groups excluding tert-OH is 2. The van der Waals surface area contributed by atoms with Gasteiger partial charge in [-0.3, -0.25) is 9.69 Å². The van der Waals surface area contributed by atoms with Crippen molar-refractivity contribution >= 4 is 5.97 Å². The van der Waals surface area contributed by atoms with Crippen molar-refractivity contribution < 1.29 is 24.9 Å². The Labute approximate surface area is 128 Å². The third-order valence-corrected chi connectivity index (χ3v) is 4.75. The number of aliphatic hydroxyl groups is 2. The summed E-state index contributed by atoms with van der Waals surface area (Å²) in [7, 11) is 1.87. The molecule has 0 amide bonds. The number of likely N-dealkylation sites (N-methyl/N-ethyl adjacent to an activating group) is 1. The van der Waals surface area contributed by atoms with E-state index in [2.05, 4.69) is 0 Å². The number of benzene rings is 1. The highest BCUT2D eigenvalue weighted by Crippen LogP contribution is 2.36. The van der Waals surface area contributed by atoms with Crippen LogP contribution in [0.5, 0.6) is 5.75 Å². The first-order valence-electron chi connectivity index (χ1n) is 7.51. The number of phenols is 1. The Hall–Kier alpha value is -1.63. The summed E-state index contributed by atoms with van der Waals surface area (Å²) >= 11 is 0. The third kappa shape index (κ3) is 2.82. The summed E-state index contributed by atoms with van der Waals surface area (Å²) in [5, 5.41) is 29.4. The Morgan fingerprint density at radius 2 is 1.91 bits per heavy atom. The van der Waals surface area contributed by atoms with Gasteiger partial charge in [0.05, 0.1) is 18.6 Å². The number of esters is 1. The van der Waals surface area contributed by atoms with E-state index in [1.807, 2.05) is 11.9 Å². The molecular weight excluding hydrogens is 286 g/mol. The molecule has 3 rings (SSSR count). The Morgan fingerprint density at radius 1 is 1.27 bits per heavy atom. The van der Waals surface area contributed by atoms with Crippen molar-refractivity contribution in [1.29, 1.82) is 0 Å². The van der Waals surface area contributed by atoms with E-state index in [4.69, 9.17) is 4.74 Å². The molecule has 4 unspecified atom stereocenters. The Bertz CT molecular complexity index is 537. The topological polar surface area (TPSA) is 90.2 Å². The molecule has 4 atom stereocenters. The third-order valence-electron chi connectivity index (χ3n) is 4.75. The molecule has 1 aromatic carbocycles. The van der Waals surface area contributed by atoms with Crippen LogP contribution in [0.3, 0.4) is 0 Å². The van der Waals surface area contributed by atoms with Crippen LogP contribution < -0.4 is 0 Å². The first-order chi connectivity index (χ1) is 10.5. The van der Waals surface area contributed by atoms with E-state index in [-0.39, 0.29) is 36.3 Å². The van der Waals surface area contributed by atoms with Crippen molar-refractivity contribution in [2.24, 2.45) is 0 Å². The monoisotopic (exact) mass is 307 g/mol. The van der Waals surface area contributed by atoms with E-state index in [9.17, 15) is 20.1 Å². The zero-order chi connectivity index (χ0) is 15.9. The lowest BCUT2D eigenvalue weighted by Gasteiger charge is -2.35. The number of carbonyl (C=O) groups excluding carboxylic acids is 1. The van der Waals surface area contributed by atoms with Crippen LogP contribution in [0.4, 0.5) is 0 Å². The number of nitrogens with zero attached hydrogens (tertiary/aromatic N) is 1. The number of aromatic hydroxyl groups is 1. The number of piperidine rings is 1. The van der Waals surface area contributed by atoms with Crippen molar-refractivity contribution in [2.45, 2.75) is 49.7 Å². The van der Waals surface area contributed by atoms with Crippen molar-refractivity contribution in [2.75, 3.05) is 7.05 Å². The number of hydrogen-bond acceptors (Lipinski definition) is 6. The van der Waals surface area contributed by atoms with Crippen LogP contribution in [0.1, 0.15) is 18.4 Å². The highest BCUT2D eigenvalue weighted by molar-refractivity contribution is 5.73. The lowest BCUT2D eigenvalue weighted by molar-refractivity contribution is -0.152. The van der Waals surface area contributed by atoms with Gasteiger partial charge >= 0.3 is 5.97 Å². The number of ether oxygens (including phenoxy) is 1. The van der Waals surface area contributed by atoms with Gasteiger partial charge < -0.3 is 20.1 Å². The Kier molecular flexibility index (Phi) is 4.08. The van der Waals surface area contributed by atoms with Gasteiger partial charge in [0.15, 0.2) is 0 Å². The highest BCUT2D eigenvalue weighted by Gasteiger charge is 2.51. The van der Waals surface area contributed by atoms with E-state index in [0.717, 1.165) is 0 Å². The van der Waals surface area contributed by atoms with E-state index in [1.165, 1.54) is 6.07 Å². The van der Waals surface area contributed by atoms with Crippen LogP contribution in [0, 0.1) is 0 Å². The van der Waals surface area contributed by atoms with Crippen LogP contribution in [0.15, 0.2) is 24.3 Å². The first-order valence-corrected chi connectivity index (χ1v) is 7.51. The van der Waals surface area contributed by atoms with Gasteiger partial charge in [-0.05, 0) is 24.7 Å². The molecule has 0 radical (unpaired) electrons. The zero-order valence-electron chi connectivity index (χ0n) is 12.4. The van der Waals surface area contributed by atoms with E-state index in [1.54, 1.807) is 18.2 Å². The number of carbonyl (C=O) groups is 1. The maximum absolute atomic E-state index is 12.0.